The zero-order valence-corrected chi connectivity index (χ0v) is 14.8. The first-order valence-electron chi connectivity index (χ1n) is 8.95. The molecule has 1 fully saturated rings. The minimum absolute atomic E-state index is 0.250. The van der Waals surface area contributed by atoms with Crippen LogP contribution in [0.3, 0.4) is 0 Å². The molecule has 0 amide bonds. The molecule has 0 bridgehead atoms. The molecule has 2 heteroatoms. The van der Waals surface area contributed by atoms with Crippen molar-refractivity contribution in [2.24, 2.45) is 11.8 Å². The van der Waals surface area contributed by atoms with Crippen LogP contribution in [0.25, 0.3) is 0 Å². The highest BCUT2D eigenvalue weighted by molar-refractivity contribution is 4.98. The zero-order valence-electron chi connectivity index (χ0n) is 14.8. The third-order valence-electron chi connectivity index (χ3n) is 5.40. The van der Waals surface area contributed by atoms with Crippen LogP contribution in [-0.2, 0) is 0 Å². The maximum atomic E-state index is 3.91. The van der Waals surface area contributed by atoms with E-state index in [0.29, 0.717) is 6.04 Å². The van der Waals surface area contributed by atoms with E-state index in [1.807, 2.05) is 0 Å². The van der Waals surface area contributed by atoms with Gasteiger partial charge in [0, 0.05) is 11.6 Å². The van der Waals surface area contributed by atoms with Gasteiger partial charge in [0.1, 0.15) is 0 Å². The summed E-state index contributed by atoms with van der Waals surface area (Å²) in [6.45, 7) is 17.7. The molecule has 20 heavy (non-hydrogen) atoms. The fourth-order valence-electron chi connectivity index (χ4n) is 4.31. The van der Waals surface area contributed by atoms with Gasteiger partial charge in [-0.1, -0.05) is 40.5 Å². The molecule has 1 aliphatic rings. The molecule has 0 aromatic heterocycles. The van der Waals surface area contributed by atoms with Crippen molar-refractivity contribution in [3.8, 4) is 0 Å². The van der Waals surface area contributed by atoms with Crippen LogP contribution in [0.15, 0.2) is 0 Å². The molecule has 0 heterocycles. The second kappa shape index (κ2) is 8.38. The summed E-state index contributed by atoms with van der Waals surface area (Å²) in [6.07, 6.45) is 6.91. The molecule has 2 nitrogen and oxygen atoms in total. The first-order chi connectivity index (χ1) is 9.47. The van der Waals surface area contributed by atoms with E-state index < -0.39 is 0 Å². The lowest BCUT2D eigenvalue weighted by molar-refractivity contribution is 0.0483. The van der Waals surface area contributed by atoms with Gasteiger partial charge in [0.2, 0.25) is 0 Å². The van der Waals surface area contributed by atoms with Crippen LogP contribution in [-0.4, -0.2) is 36.1 Å². The number of rotatable bonds is 8. The summed E-state index contributed by atoms with van der Waals surface area (Å²) in [6, 6.07) is 0.630. The van der Waals surface area contributed by atoms with Gasteiger partial charge in [0.05, 0.1) is 0 Å². The molecule has 0 aromatic rings. The Morgan fingerprint density at radius 1 is 1.15 bits per heavy atom. The highest BCUT2D eigenvalue weighted by Gasteiger charge is 2.39. The SMILES string of the molecule is CCCNC(C1CCCC(C)C1)C(C)(C)N(CC)CC. The smallest absolute Gasteiger partial charge is 0.0308 e. The summed E-state index contributed by atoms with van der Waals surface area (Å²) < 4.78 is 0. The molecule has 3 atom stereocenters. The Kier molecular flexibility index (Phi) is 7.53. The van der Waals surface area contributed by atoms with E-state index in [9.17, 15) is 0 Å². The summed E-state index contributed by atoms with van der Waals surface area (Å²) in [5.74, 6) is 1.76. The Morgan fingerprint density at radius 3 is 2.30 bits per heavy atom. The molecule has 0 aromatic carbocycles. The van der Waals surface area contributed by atoms with Gasteiger partial charge in [-0.05, 0) is 64.6 Å². The molecule has 120 valence electrons. The maximum Gasteiger partial charge on any atom is 0.0308 e. The number of hydrogen-bond donors (Lipinski definition) is 1. The molecule has 0 spiro atoms. The second-order valence-corrected chi connectivity index (χ2v) is 7.29. The molecule has 3 unspecified atom stereocenters. The summed E-state index contributed by atoms with van der Waals surface area (Å²) in [5, 5.41) is 3.91. The van der Waals surface area contributed by atoms with Crippen LogP contribution >= 0.6 is 0 Å². The van der Waals surface area contributed by atoms with Crippen LogP contribution in [0.4, 0.5) is 0 Å². The number of nitrogens with zero attached hydrogens (tertiary/aromatic N) is 1. The average molecular weight is 283 g/mol. The van der Waals surface area contributed by atoms with Gasteiger partial charge in [-0.2, -0.15) is 0 Å². The second-order valence-electron chi connectivity index (χ2n) is 7.29. The Labute approximate surface area is 127 Å². The zero-order chi connectivity index (χ0) is 15.2. The molecule has 1 aliphatic carbocycles. The highest BCUT2D eigenvalue weighted by atomic mass is 15.2. The minimum atomic E-state index is 0.250. The number of nitrogens with one attached hydrogen (secondary N) is 1. The van der Waals surface area contributed by atoms with Crippen molar-refractivity contribution in [2.75, 3.05) is 19.6 Å². The van der Waals surface area contributed by atoms with Gasteiger partial charge in [-0.15, -0.1) is 0 Å². The summed E-state index contributed by atoms with van der Waals surface area (Å²) in [7, 11) is 0. The van der Waals surface area contributed by atoms with E-state index in [-0.39, 0.29) is 5.54 Å². The van der Waals surface area contributed by atoms with Crippen LogP contribution in [0, 0.1) is 11.8 Å². The molecular weight excluding hydrogens is 244 g/mol. The predicted molar refractivity (Wildman–Crippen MR) is 90.2 cm³/mol. The van der Waals surface area contributed by atoms with Crippen molar-refractivity contribution in [1.29, 1.82) is 0 Å². The van der Waals surface area contributed by atoms with Crippen molar-refractivity contribution >= 4 is 0 Å². The molecule has 0 aliphatic heterocycles. The topological polar surface area (TPSA) is 15.3 Å². The first kappa shape index (κ1) is 18.0. The average Bonchev–Trinajstić information content (AvgIpc) is 2.40. The third-order valence-corrected chi connectivity index (χ3v) is 5.40. The number of hydrogen-bond acceptors (Lipinski definition) is 2. The quantitative estimate of drug-likeness (QED) is 0.714. The van der Waals surface area contributed by atoms with E-state index in [2.05, 4.69) is 51.8 Å². The Bertz CT molecular complexity index is 258. The van der Waals surface area contributed by atoms with E-state index in [4.69, 9.17) is 0 Å². The minimum Gasteiger partial charge on any atom is -0.312 e. The Hall–Kier alpha value is -0.0800. The first-order valence-corrected chi connectivity index (χ1v) is 8.95. The molecule has 0 saturated heterocycles. The van der Waals surface area contributed by atoms with E-state index >= 15 is 0 Å². The number of likely N-dealkylation sites (N-methyl/N-ethyl adjacent to an activating group) is 1. The maximum absolute atomic E-state index is 3.91. The van der Waals surface area contributed by atoms with E-state index in [1.165, 1.54) is 32.1 Å². The van der Waals surface area contributed by atoms with Gasteiger partial charge < -0.3 is 5.32 Å². The Balaban J connectivity index is 2.85. The standard InChI is InChI=1S/C18H38N2/c1-7-13-19-17(16-12-10-11-15(4)14-16)18(5,6)20(8-2)9-3/h15-17,19H,7-14H2,1-6H3. The Morgan fingerprint density at radius 2 is 1.80 bits per heavy atom. The molecule has 1 rings (SSSR count). The molecular formula is C18H38N2. The fraction of sp³-hybridized carbons (Fsp3) is 1.00. The lowest BCUT2D eigenvalue weighted by Crippen LogP contribution is -2.61. The highest BCUT2D eigenvalue weighted by Crippen LogP contribution is 2.36. The van der Waals surface area contributed by atoms with Crippen LogP contribution in [0.2, 0.25) is 0 Å². The van der Waals surface area contributed by atoms with Gasteiger partial charge in [-0.25, -0.2) is 0 Å². The lowest BCUT2D eigenvalue weighted by atomic mass is 9.72. The molecule has 1 N–H and O–H groups in total. The van der Waals surface area contributed by atoms with Crippen molar-refractivity contribution in [2.45, 2.75) is 85.2 Å². The van der Waals surface area contributed by atoms with E-state index in [1.54, 1.807) is 0 Å². The van der Waals surface area contributed by atoms with E-state index in [0.717, 1.165) is 31.5 Å². The predicted octanol–water partition coefficient (Wildman–Crippen LogP) is 4.30. The van der Waals surface area contributed by atoms with Gasteiger partial charge >= 0.3 is 0 Å². The summed E-state index contributed by atoms with van der Waals surface area (Å²) in [5.41, 5.74) is 0.250. The van der Waals surface area contributed by atoms with Crippen molar-refractivity contribution in [3.63, 3.8) is 0 Å². The van der Waals surface area contributed by atoms with Crippen LogP contribution in [0.5, 0.6) is 0 Å². The lowest BCUT2D eigenvalue weighted by Gasteiger charge is -2.48. The fourth-order valence-corrected chi connectivity index (χ4v) is 4.31. The normalized spacial score (nSPS) is 25.9. The van der Waals surface area contributed by atoms with Crippen molar-refractivity contribution in [3.05, 3.63) is 0 Å². The summed E-state index contributed by atoms with van der Waals surface area (Å²) >= 11 is 0. The third kappa shape index (κ3) is 4.46. The molecule has 1 saturated carbocycles. The largest absolute Gasteiger partial charge is 0.312 e. The van der Waals surface area contributed by atoms with Gasteiger partial charge in [0.25, 0.3) is 0 Å². The van der Waals surface area contributed by atoms with Crippen molar-refractivity contribution in [1.82, 2.24) is 10.2 Å². The van der Waals surface area contributed by atoms with Crippen LogP contribution in [0.1, 0.15) is 73.6 Å². The van der Waals surface area contributed by atoms with Gasteiger partial charge in [-0.3, -0.25) is 4.90 Å². The van der Waals surface area contributed by atoms with Crippen LogP contribution < -0.4 is 5.32 Å². The monoisotopic (exact) mass is 282 g/mol. The van der Waals surface area contributed by atoms with Crippen molar-refractivity contribution < 1.29 is 0 Å². The molecule has 0 radical (unpaired) electrons. The summed E-state index contributed by atoms with van der Waals surface area (Å²) in [4.78, 5) is 2.64. The van der Waals surface area contributed by atoms with Gasteiger partial charge in [0.15, 0.2) is 0 Å².